The molecule has 170 valence electrons. The van der Waals surface area contributed by atoms with Gasteiger partial charge in [0.1, 0.15) is 11.7 Å². The Morgan fingerprint density at radius 3 is 2.69 bits per heavy atom. The standard InChI is InChI=1S/C22H26ClN5O3S/c1-12(2)31-22(30)18-15-7-5-6-8-17(15)32-21(18)24-20(29)16-9-10-27(26-16)11-28-14(4)19(23)13(3)25-28/h9-10,12H,5-8,11H2,1-4H3,(H,24,29). The molecular formula is C22H26ClN5O3S. The number of thiophene rings is 1. The fraction of sp³-hybridized carbons (Fsp3) is 0.455. The molecule has 0 saturated carbocycles. The molecule has 32 heavy (non-hydrogen) atoms. The first-order valence-corrected chi connectivity index (χ1v) is 11.8. The van der Waals surface area contributed by atoms with Crippen molar-refractivity contribution < 1.29 is 14.3 Å². The first kappa shape index (κ1) is 22.5. The Hall–Kier alpha value is -2.65. The van der Waals surface area contributed by atoms with E-state index >= 15 is 0 Å². The Balaban J connectivity index is 1.55. The lowest BCUT2D eigenvalue weighted by Gasteiger charge is -2.14. The average Bonchev–Trinajstić information content (AvgIpc) is 3.41. The molecule has 0 fully saturated rings. The molecule has 0 aromatic carbocycles. The van der Waals surface area contributed by atoms with E-state index in [9.17, 15) is 9.59 Å². The number of esters is 1. The van der Waals surface area contributed by atoms with Crippen LogP contribution in [0.4, 0.5) is 5.00 Å². The van der Waals surface area contributed by atoms with E-state index in [-0.39, 0.29) is 23.7 Å². The number of nitrogens with zero attached hydrogens (tertiary/aromatic N) is 4. The summed E-state index contributed by atoms with van der Waals surface area (Å²) >= 11 is 7.67. The largest absolute Gasteiger partial charge is 0.459 e. The van der Waals surface area contributed by atoms with Crippen molar-refractivity contribution in [3.63, 3.8) is 0 Å². The topological polar surface area (TPSA) is 91.0 Å². The van der Waals surface area contributed by atoms with E-state index in [0.29, 0.717) is 22.3 Å². The summed E-state index contributed by atoms with van der Waals surface area (Å²) in [6, 6.07) is 1.64. The summed E-state index contributed by atoms with van der Waals surface area (Å²) < 4.78 is 8.82. The molecule has 0 atom stereocenters. The number of amides is 1. The number of carbonyl (C=O) groups is 2. The summed E-state index contributed by atoms with van der Waals surface area (Å²) in [6.07, 6.45) is 5.33. The number of anilines is 1. The minimum absolute atomic E-state index is 0.233. The summed E-state index contributed by atoms with van der Waals surface area (Å²) in [5.74, 6) is -0.756. The molecule has 1 aliphatic carbocycles. The summed E-state index contributed by atoms with van der Waals surface area (Å²) in [5.41, 5.74) is 3.34. The highest BCUT2D eigenvalue weighted by molar-refractivity contribution is 7.17. The van der Waals surface area contributed by atoms with Crippen LogP contribution < -0.4 is 5.32 Å². The highest BCUT2D eigenvalue weighted by Gasteiger charge is 2.28. The lowest BCUT2D eigenvalue weighted by atomic mass is 9.95. The molecule has 0 spiro atoms. The van der Waals surface area contributed by atoms with Crippen LogP contribution in [0.25, 0.3) is 0 Å². The van der Waals surface area contributed by atoms with Gasteiger partial charge in [-0.2, -0.15) is 10.2 Å². The van der Waals surface area contributed by atoms with E-state index in [1.807, 2.05) is 27.7 Å². The summed E-state index contributed by atoms with van der Waals surface area (Å²) in [5, 5.41) is 12.8. The minimum atomic E-state index is -0.387. The van der Waals surface area contributed by atoms with Gasteiger partial charge in [0, 0.05) is 11.1 Å². The van der Waals surface area contributed by atoms with Gasteiger partial charge in [-0.15, -0.1) is 11.3 Å². The number of nitrogens with one attached hydrogen (secondary N) is 1. The normalized spacial score (nSPS) is 13.3. The molecule has 8 nitrogen and oxygen atoms in total. The number of carbonyl (C=O) groups excluding carboxylic acids is 2. The molecule has 0 aliphatic heterocycles. The molecule has 0 bridgehead atoms. The number of ether oxygens (including phenoxy) is 1. The van der Waals surface area contributed by atoms with E-state index in [4.69, 9.17) is 16.3 Å². The van der Waals surface area contributed by atoms with Crippen LogP contribution in [0.2, 0.25) is 5.02 Å². The van der Waals surface area contributed by atoms with Crippen LogP contribution >= 0.6 is 22.9 Å². The molecule has 3 aromatic rings. The highest BCUT2D eigenvalue weighted by Crippen LogP contribution is 2.39. The average molecular weight is 476 g/mol. The van der Waals surface area contributed by atoms with Crippen LogP contribution in [0.1, 0.15) is 69.4 Å². The van der Waals surface area contributed by atoms with Gasteiger partial charge in [-0.1, -0.05) is 11.6 Å². The van der Waals surface area contributed by atoms with Gasteiger partial charge in [-0.25, -0.2) is 9.48 Å². The molecule has 0 radical (unpaired) electrons. The van der Waals surface area contributed by atoms with Gasteiger partial charge in [0.25, 0.3) is 5.91 Å². The van der Waals surface area contributed by atoms with Gasteiger partial charge in [0.15, 0.2) is 5.69 Å². The van der Waals surface area contributed by atoms with Crippen molar-refractivity contribution in [1.29, 1.82) is 0 Å². The Morgan fingerprint density at radius 2 is 2.00 bits per heavy atom. The van der Waals surface area contributed by atoms with Crippen molar-refractivity contribution >= 4 is 39.8 Å². The lowest BCUT2D eigenvalue weighted by Crippen LogP contribution is -2.18. The molecule has 0 unspecified atom stereocenters. The zero-order chi connectivity index (χ0) is 23.0. The predicted molar refractivity (Wildman–Crippen MR) is 124 cm³/mol. The van der Waals surface area contributed by atoms with Crippen LogP contribution in [0.15, 0.2) is 12.3 Å². The molecular weight excluding hydrogens is 450 g/mol. The van der Waals surface area contributed by atoms with E-state index < -0.39 is 0 Å². The van der Waals surface area contributed by atoms with E-state index in [1.165, 1.54) is 11.3 Å². The van der Waals surface area contributed by atoms with E-state index in [1.54, 1.807) is 21.6 Å². The van der Waals surface area contributed by atoms with Crippen LogP contribution in [-0.4, -0.2) is 37.5 Å². The number of hydrogen-bond acceptors (Lipinski definition) is 6. The highest BCUT2D eigenvalue weighted by atomic mass is 35.5. The van der Waals surface area contributed by atoms with Crippen molar-refractivity contribution in [2.24, 2.45) is 0 Å². The first-order chi connectivity index (χ1) is 15.2. The van der Waals surface area contributed by atoms with Crippen molar-refractivity contribution in [3.05, 3.63) is 50.4 Å². The fourth-order valence-electron chi connectivity index (χ4n) is 3.82. The van der Waals surface area contributed by atoms with Crippen LogP contribution in [0, 0.1) is 13.8 Å². The van der Waals surface area contributed by atoms with Gasteiger partial charge in [-0.05, 0) is 65.0 Å². The van der Waals surface area contributed by atoms with Crippen molar-refractivity contribution in [2.45, 2.75) is 66.2 Å². The number of aromatic nitrogens is 4. The minimum Gasteiger partial charge on any atom is -0.459 e. The summed E-state index contributed by atoms with van der Waals surface area (Å²) in [6.45, 7) is 7.70. The maximum absolute atomic E-state index is 12.9. The summed E-state index contributed by atoms with van der Waals surface area (Å²) in [4.78, 5) is 26.9. The first-order valence-electron chi connectivity index (χ1n) is 10.6. The molecule has 3 aromatic heterocycles. The smallest absolute Gasteiger partial charge is 0.341 e. The molecule has 4 rings (SSSR count). The third-order valence-electron chi connectivity index (χ3n) is 5.39. The number of fused-ring (bicyclic) bond motifs is 1. The number of halogens is 1. The third kappa shape index (κ3) is 4.45. The summed E-state index contributed by atoms with van der Waals surface area (Å²) in [7, 11) is 0. The van der Waals surface area contributed by atoms with Gasteiger partial charge in [0.05, 0.1) is 28.1 Å². The second kappa shape index (κ2) is 9.07. The van der Waals surface area contributed by atoms with Crippen LogP contribution in [-0.2, 0) is 24.2 Å². The van der Waals surface area contributed by atoms with Crippen molar-refractivity contribution in [1.82, 2.24) is 19.6 Å². The van der Waals surface area contributed by atoms with Gasteiger partial charge < -0.3 is 10.1 Å². The SMILES string of the molecule is Cc1nn(Cn2ccc(C(=O)Nc3sc4c(c3C(=O)OC(C)C)CCCC4)n2)c(C)c1Cl. The third-order valence-corrected chi connectivity index (χ3v) is 7.14. The van der Waals surface area contributed by atoms with Crippen molar-refractivity contribution in [2.75, 3.05) is 5.32 Å². The Labute approximate surface area is 195 Å². The molecule has 10 heteroatoms. The fourth-order valence-corrected chi connectivity index (χ4v) is 5.23. The number of hydrogen-bond donors (Lipinski definition) is 1. The van der Waals surface area contributed by atoms with Crippen LogP contribution in [0.5, 0.6) is 0 Å². The van der Waals surface area contributed by atoms with E-state index in [2.05, 4.69) is 15.5 Å². The molecule has 1 N–H and O–H groups in total. The van der Waals surface area contributed by atoms with Gasteiger partial charge >= 0.3 is 5.97 Å². The number of rotatable bonds is 6. The van der Waals surface area contributed by atoms with Gasteiger partial charge in [0.2, 0.25) is 0 Å². The Morgan fingerprint density at radius 1 is 1.25 bits per heavy atom. The van der Waals surface area contributed by atoms with Gasteiger partial charge in [-0.3, -0.25) is 9.48 Å². The maximum atomic E-state index is 12.9. The number of aryl methyl sites for hydroxylation is 2. The quantitative estimate of drug-likeness (QED) is 0.525. The predicted octanol–water partition coefficient (Wildman–Crippen LogP) is 4.61. The van der Waals surface area contributed by atoms with E-state index in [0.717, 1.165) is 47.5 Å². The second-order valence-corrected chi connectivity index (χ2v) is 9.67. The molecule has 1 amide bonds. The van der Waals surface area contributed by atoms with Crippen molar-refractivity contribution in [3.8, 4) is 0 Å². The zero-order valence-corrected chi connectivity index (χ0v) is 20.1. The monoisotopic (exact) mass is 475 g/mol. The molecule has 3 heterocycles. The lowest BCUT2D eigenvalue weighted by molar-refractivity contribution is 0.0378. The molecule has 0 saturated heterocycles. The second-order valence-electron chi connectivity index (χ2n) is 8.19. The molecule has 1 aliphatic rings. The Kier molecular flexibility index (Phi) is 6.39. The Bertz CT molecular complexity index is 1180. The van der Waals surface area contributed by atoms with Crippen LogP contribution in [0.3, 0.4) is 0 Å². The maximum Gasteiger partial charge on any atom is 0.341 e. The zero-order valence-electron chi connectivity index (χ0n) is 18.6.